The Morgan fingerprint density at radius 1 is 1.26 bits per heavy atom. The number of carboxylic acids is 1. The van der Waals surface area contributed by atoms with Gasteiger partial charge in [-0.3, -0.25) is 9.59 Å². The van der Waals surface area contributed by atoms with E-state index in [1.54, 1.807) is 6.07 Å². The average Bonchev–Trinajstić information content (AvgIpc) is 2.38. The summed E-state index contributed by atoms with van der Waals surface area (Å²) in [6.45, 7) is 0. The van der Waals surface area contributed by atoms with E-state index in [1.807, 2.05) is 0 Å². The van der Waals surface area contributed by atoms with E-state index < -0.39 is 17.8 Å². The summed E-state index contributed by atoms with van der Waals surface area (Å²) < 4.78 is 10.0. The normalized spacial score (nSPS) is 11.3. The van der Waals surface area contributed by atoms with Crippen LogP contribution >= 0.6 is 0 Å². The number of ether oxygens (including phenoxy) is 2. The maximum atomic E-state index is 11.5. The number of nitrogens with one attached hydrogen (secondary N) is 1. The van der Waals surface area contributed by atoms with Crippen molar-refractivity contribution < 1.29 is 29.0 Å². The fraction of sp³-hybridized carbons (Fsp3) is 0.250. The fourth-order valence-corrected chi connectivity index (χ4v) is 1.37. The molecule has 1 rings (SSSR count). The molecule has 0 radical (unpaired) electrons. The predicted octanol–water partition coefficient (Wildman–Crippen LogP) is 0.542. The van der Waals surface area contributed by atoms with Crippen LogP contribution in [0.2, 0.25) is 0 Å². The highest BCUT2D eigenvalue weighted by Crippen LogP contribution is 2.29. The lowest BCUT2D eigenvalue weighted by Gasteiger charge is -2.11. The van der Waals surface area contributed by atoms with Gasteiger partial charge >= 0.3 is 5.97 Å². The minimum Gasteiger partial charge on any atom is -0.493 e. The quantitative estimate of drug-likeness (QED) is 0.576. The summed E-state index contributed by atoms with van der Waals surface area (Å²) in [5.41, 5.74) is 0.302. The number of hydrogen-bond acceptors (Lipinski definition) is 5. The number of aliphatic carboxylic acids is 1. The van der Waals surface area contributed by atoms with Gasteiger partial charge in [-0.25, -0.2) is 0 Å². The second-order valence-electron chi connectivity index (χ2n) is 3.51. The monoisotopic (exact) mass is 267 g/mol. The number of methoxy groups -OCH3 is 2. The minimum absolute atomic E-state index is 0.0679. The molecule has 102 valence electrons. The number of aldehydes is 1. The van der Waals surface area contributed by atoms with E-state index in [1.165, 1.54) is 26.4 Å². The van der Waals surface area contributed by atoms with Crippen molar-refractivity contribution in [2.75, 3.05) is 19.5 Å². The molecular weight excluding hydrogens is 254 g/mol. The van der Waals surface area contributed by atoms with Crippen molar-refractivity contribution in [1.29, 1.82) is 0 Å². The van der Waals surface area contributed by atoms with Crippen molar-refractivity contribution in [1.82, 2.24) is 0 Å². The molecule has 19 heavy (non-hydrogen) atoms. The van der Waals surface area contributed by atoms with Gasteiger partial charge in [0.2, 0.25) is 5.91 Å². The Morgan fingerprint density at radius 2 is 1.89 bits per heavy atom. The molecule has 7 nitrogen and oxygen atoms in total. The first-order valence-electron chi connectivity index (χ1n) is 5.24. The van der Waals surface area contributed by atoms with Gasteiger partial charge in [0.1, 0.15) is 6.29 Å². The van der Waals surface area contributed by atoms with Crippen LogP contribution in [-0.2, 0) is 14.4 Å². The van der Waals surface area contributed by atoms with E-state index in [4.69, 9.17) is 14.6 Å². The third-order valence-electron chi connectivity index (χ3n) is 2.34. The van der Waals surface area contributed by atoms with Gasteiger partial charge in [-0.15, -0.1) is 0 Å². The van der Waals surface area contributed by atoms with Crippen molar-refractivity contribution in [3.05, 3.63) is 18.2 Å². The lowest BCUT2D eigenvalue weighted by molar-refractivity contribution is -0.146. The van der Waals surface area contributed by atoms with Crippen molar-refractivity contribution in [2.24, 2.45) is 5.92 Å². The number of rotatable bonds is 6. The molecule has 1 aromatic carbocycles. The number of amides is 1. The zero-order valence-electron chi connectivity index (χ0n) is 10.4. The van der Waals surface area contributed by atoms with Crippen molar-refractivity contribution in [3.8, 4) is 11.5 Å². The molecule has 1 amide bonds. The van der Waals surface area contributed by atoms with E-state index in [2.05, 4.69) is 5.32 Å². The molecule has 2 N–H and O–H groups in total. The molecule has 0 fully saturated rings. The van der Waals surface area contributed by atoms with Gasteiger partial charge in [0.25, 0.3) is 0 Å². The molecule has 0 spiro atoms. The SMILES string of the molecule is COc1ccc(NC(=O)C(C=O)C(=O)O)cc1OC. The second-order valence-corrected chi connectivity index (χ2v) is 3.51. The predicted molar refractivity (Wildman–Crippen MR) is 65.4 cm³/mol. The van der Waals surface area contributed by atoms with Crippen LogP contribution in [0.15, 0.2) is 18.2 Å². The maximum absolute atomic E-state index is 11.5. The molecule has 0 saturated carbocycles. The van der Waals surface area contributed by atoms with Crippen LogP contribution in [0.3, 0.4) is 0 Å². The third-order valence-corrected chi connectivity index (χ3v) is 2.34. The average molecular weight is 267 g/mol. The van der Waals surface area contributed by atoms with Crippen LogP contribution in [0.1, 0.15) is 0 Å². The molecule has 0 heterocycles. The van der Waals surface area contributed by atoms with E-state index >= 15 is 0 Å². The summed E-state index contributed by atoms with van der Waals surface area (Å²) in [7, 11) is 2.89. The van der Waals surface area contributed by atoms with E-state index in [0.29, 0.717) is 17.2 Å². The van der Waals surface area contributed by atoms with Gasteiger partial charge in [0, 0.05) is 11.8 Å². The first-order chi connectivity index (χ1) is 9.03. The minimum atomic E-state index is -1.74. The summed E-state index contributed by atoms with van der Waals surface area (Å²) in [6.07, 6.45) is 0.0679. The summed E-state index contributed by atoms with van der Waals surface area (Å²) in [5, 5.41) is 11.0. The smallest absolute Gasteiger partial charge is 0.323 e. The Morgan fingerprint density at radius 3 is 2.37 bits per heavy atom. The Labute approximate surface area is 109 Å². The van der Waals surface area contributed by atoms with E-state index in [9.17, 15) is 14.4 Å². The highest BCUT2D eigenvalue weighted by molar-refractivity contribution is 6.14. The molecule has 1 atom stereocenters. The molecule has 0 aromatic heterocycles. The molecule has 1 aromatic rings. The molecule has 7 heteroatoms. The zero-order valence-corrected chi connectivity index (χ0v) is 10.4. The van der Waals surface area contributed by atoms with Gasteiger partial charge in [-0.1, -0.05) is 0 Å². The standard InChI is InChI=1S/C12H13NO6/c1-18-9-4-3-7(5-10(9)19-2)13-11(15)8(6-14)12(16)17/h3-6,8H,1-2H3,(H,13,15)(H,16,17). The van der Waals surface area contributed by atoms with Gasteiger partial charge in [-0.05, 0) is 12.1 Å². The van der Waals surface area contributed by atoms with Crippen molar-refractivity contribution in [2.45, 2.75) is 0 Å². The van der Waals surface area contributed by atoms with E-state index in [-0.39, 0.29) is 6.29 Å². The maximum Gasteiger partial charge on any atom is 0.323 e. The van der Waals surface area contributed by atoms with Crippen molar-refractivity contribution in [3.63, 3.8) is 0 Å². The summed E-state index contributed by atoms with van der Waals surface area (Å²) in [5.74, 6) is -3.33. The fourth-order valence-electron chi connectivity index (χ4n) is 1.37. The Balaban J connectivity index is 2.91. The van der Waals surface area contributed by atoms with Crippen LogP contribution in [-0.4, -0.2) is 37.5 Å². The number of benzene rings is 1. The molecule has 0 aliphatic heterocycles. The molecule has 0 aliphatic rings. The number of carboxylic acid groups (broad SMARTS) is 1. The Hall–Kier alpha value is -2.57. The third kappa shape index (κ3) is 3.44. The highest BCUT2D eigenvalue weighted by atomic mass is 16.5. The first kappa shape index (κ1) is 14.5. The van der Waals surface area contributed by atoms with Gasteiger partial charge in [0.15, 0.2) is 17.4 Å². The number of carbonyl (C=O) groups is 3. The topological polar surface area (TPSA) is 102 Å². The second kappa shape index (κ2) is 6.39. The number of hydrogen-bond donors (Lipinski definition) is 2. The van der Waals surface area contributed by atoms with Gasteiger partial charge < -0.3 is 24.7 Å². The highest BCUT2D eigenvalue weighted by Gasteiger charge is 2.25. The van der Waals surface area contributed by atoms with Crippen molar-refractivity contribution >= 4 is 23.9 Å². The van der Waals surface area contributed by atoms with Gasteiger partial charge in [0.05, 0.1) is 14.2 Å². The number of carbonyl (C=O) groups excluding carboxylic acids is 2. The Kier molecular flexibility index (Phi) is 4.87. The molecular formula is C12H13NO6. The van der Waals surface area contributed by atoms with Crippen LogP contribution in [0.25, 0.3) is 0 Å². The van der Waals surface area contributed by atoms with Crippen LogP contribution in [0.5, 0.6) is 11.5 Å². The summed E-state index contributed by atoms with van der Waals surface area (Å²) in [4.78, 5) is 32.7. The molecule has 0 bridgehead atoms. The first-order valence-corrected chi connectivity index (χ1v) is 5.24. The van der Waals surface area contributed by atoms with E-state index in [0.717, 1.165) is 0 Å². The van der Waals surface area contributed by atoms with Gasteiger partial charge in [-0.2, -0.15) is 0 Å². The summed E-state index contributed by atoms with van der Waals surface area (Å²) >= 11 is 0. The molecule has 0 aliphatic carbocycles. The molecule has 1 unspecified atom stereocenters. The largest absolute Gasteiger partial charge is 0.493 e. The lowest BCUT2D eigenvalue weighted by Crippen LogP contribution is -2.30. The number of anilines is 1. The Bertz CT molecular complexity index is 499. The summed E-state index contributed by atoms with van der Waals surface area (Å²) in [6, 6.07) is 4.51. The van der Waals surface area contributed by atoms with Crippen LogP contribution in [0, 0.1) is 5.92 Å². The lowest BCUT2D eigenvalue weighted by atomic mass is 10.1. The zero-order chi connectivity index (χ0) is 14.4. The van der Waals surface area contributed by atoms with Crippen LogP contribution < -0.4 is 14.8 Å². The molecule has 0 saturated heterocycles. The van der Waals surface area contributed by atoms with Crippen LogP contribution in [0.4, 0.5) is 5.69 Å².